The van der Waals surface area contributed by atoms with Gasteiger partial charge in [0.15, 0.2) is 0 Å². The van der Waals surface area contributed by atoms with Crippen LogP contribution in [0.15, 0.2) is 42.5 Å². The van der Waals surface area contributed by atoms with Crippen molar-refractivity contribution in [2.75, 3.05) is 5.32 Å². The van der Waals surface area contributed by atoms with Gasteiger partial charge in [0.1, 0.15) is 0 Å². The van der Waals surface area contributed by atoms with Crippen LogP contribution in [0.3, 0.4) is 0 Å². The van der Waals surface area contributed by atoms with Gasteiger partial charge in [0, 0.05) is 11.3 Å². The third-order valence-corrected chi connectivity index (χ3v) is 3.68. The van der Waals surface area contributed by atoms with Crippen LogP contribution >= 0.6 is 0 Å². The highest BCUT2D eigenvalue weighted by atomic mass is 16.1. The largest absolute Gasteiger partial charge is 0.322 e. The van der Waals surface area contributed by atoms with E-state index < -0.39 is 0 Å². The summed E-state index contributed by atoms with van der Waals surface area (Å²) in [6.45, 7) is 10.6. The molecule has 0 spiro atoms. The average molecular weight is 281 g/mol. The van der Waals surface area contributed by atoms with E-state index in [0.717, 1.165) is 16.8 Å². The molecule has 0 fully saturated rings. The van der Waals surface area contributed by atoms with Gasteiger partial charge in [-0.25, -0.2) is 0 Å². The zero-order chi connectivity index (χ0) is 15.6. The molecule has 2 nitrogen and oxygen atoms in total. The van der Waals surface area contributed by atoms with Crippen molar-refractivity contribution in [3.05, 3.63) is 64.7 Å². The summed E-state index contributed by atoms with van der Waals surface area (Å²) in [6.07, 6.45) is 0. The molecule has 0 atom stereocenters. The van der Waals surface area contributed by atoms with Crippen molar-refractivity contribution in [3.8, 4) is 0 Å². The van der Waals surface area contributed by atoms with E-state index in [1.165, 1.54) is 11.1 Å². The van der Waals surface area contributed by atoms with Crippen LogP contribution in [0.5, 0.6) is 0 Å². The molecule has 0 saturated heterocycles. The van der Waals surface area contributed by atoms with Crippen molar-refractivity contribution in [2.45, 2.75) is 40.0 Å². The number of hydrogen-bond acceptors (Lipinski definition) is 1. The van der Waals surface area contributed by atoms with Crippen LogP contribution in [0, 0.1) is 13.8 Å². The van der Waals surface area contributed by atoms with Crippen molar-refractivity contribution in [3.63, 3.8) is 0 Å². The first-order chi connectivity index (χ1) is 9.79. The Kier molecular flexibility index (Phi) is 4.17. The molecule has 0 saturated carbocycles. The lowest BCUT2D eigenvalue weighted by molar-refractivity contribution is 0.102. The molecule has 2 rings (SSSR count). The van der Waals surface area contributed by atoms with Crippen molar-refractivity contribution in [2.24, 2.45) is 0 Å². The number of hydrogen-bond donors (Lipinski definition) is 1. The Hall–Kier alpha value is -2.09. The van der Waals surface area contributed by atoms with Gasteiger partial charge in [-0.05, 0) is 54.2 Å². The number of aryl methyl sites for hydroxylation is 2. The fraction of sp³-hybridized carbons (Fsp3) is 0.316. The SMILES string of the molecule is Cc1ccccc1C(=O)Nc1ccc(C(C)(C)C)c(C)c1. The first-order valence-corrected chi connectivity index (χ1v) is 7.27. The van der Waals surface area contributed by atoms with Gasteiger partial charge in [0.05, 0.1) is 0 Å². The summed E-state index contributed by atoms with van der Waals surface area (Å²) < 4.78 is 0. The van der Waals surface area contributed by atoms with Crippen molar-refractivity contribution in [1.29, 1.82) is 0 Å². The summed E-state index contributed by atoms with van der Waals surface area (Å²) in [5.41, 5.74) is 5.16. The molecule has 0 radical (unpaired) electrons. The molecule has 0 heterocycles. The quantitative estimate of drug-likeness (QED) is 0.837. The Morgan fingerprint density at radius 1 is 0.952 bits per heavy atom. The lowest BCUT2D eigenvalue weighted by Crippen LogP contribution is -2.15. The molecule has 110 valence electrons. The predicted octanol–water partition coefficient (Wildman–Crippen LogP) is 4.85. The Bertz CT molecular complexity index is 666. The van der Waals surface area contributed by atoms with Crippen LogP contribution in [0.1, 0.15) is 47.8 Å². The molecule has 21 heavy (non-hydrogen) atoms. The third-order valence-electron chi connectivity index (χ3n) is 3.68. The minimum atomic E-state index is -0.0593. The van der Waals surface area contributed by atoms with Crippen LogP contribution < -0.4 is 5.32 Å². The summed E-state index contributed by atoms with van der Waals surface area (Å²) in [5, 5.41) is 2.98. The maximum absolute atomic E-state index is 12.3. The van der Waals surface area contributed by atoms with Gasteiger partial charge in [-0.15, -0.1) is 0 Å². The molecule has 0 aliphatic carbocycles. The van der Waals surface area contributed by atoms with Crippen LogP contribution in [0.2, 0.25) is 0 Å². The van der Waals surface area contributed by atoms with Gasteiger partial charge in [-0.3, -0.25) is 4.79 Å². The summed E-state index contributed by atoms with van der Waals surface area (Å²) in [5.74, 6) is -0.0593. The molecule has 2 aromatic rings. The highest BCUT2D eigenvalue weighted by Crippen LogP contribution is 2.27. The van der Waals surface area contributed by atoms with Crippen molar-refractivity contribution < 1.29 is 4.79 Å². The maximum atomic E-state index is 12.3. The highest BCUT2D eigenvalue weighted by molar-refractivity contribution is 6.05. The molecule has 0 aliphatic heterocycles. The fourth-order valence-corrected chi connectivity index (χ4v) is 2.61. The smallest absolute Gasteiger partial charge is 0.255 e. The Balaban J connectivity index is 2.23. The topological polar surface area (TPSA) is 29.1 Å². The molecule has 2 heteroatoms. The number of carbonyl (C=O) groups is 1. The molecule has 0 aromatic heterocycles. The van der Waals surface area contributed by atoms with E-state index in [9.17, 15) is 4.79 Å². The molecular weight excluding hydrogens is 258 g/mol. The van der Waals surface area contributed by atoms with Gasteiger partial charge in [0.2, 0.25) is 0 Å². The Morgan fingerprint density at radius 2 is 1.62 bits per heavy atom. The molecule has 0 unspecified atom stereocenters. The minimum absolute atomic E-state index is 0.0593. The Morgan fingerprint density at radius 3 is 2.19 bits per heavy atom. The number of benzene rings is 2. The van der Waals surface area contributed by atoms with Gasteiger partial charge in [-0.1, -0.05) is 45.0 Å². The Labute approximate surface area is 127 Å². The third kappa shape index (κ3) is 3.52. The lowest BCUT2D eigenvalue weighted by Gasteiger charge is -2.22. The maximum Gasteiger partial charge on any atom is 0.255 e. The zero-order valence-electron chi connectivity index (χ0n) is 13.4. The van der Waals surface area contributed by atoms with Gasteiger partial charge >= 0.3 is 0 Å². The zero-order valence-corrected chi connectivity index (χ0v) is 13.4. The summed E-state index contributed by atoms with van der Waals surface area (Å²) >= 11 is 0. The van der Waals surface area contributed by atoms with Gasteiger partial charge < -0.3 is 5.32 Å². The van der Waals surface area contributed by atoms with Crippen molar-refractivity contribution in [1.82, 2.24) is 0 Å². The van der Waals surface area contributed by atoms with Crippen LogP contribution in [0.25, 0.3) is 0 Å². The average Bonchev–Trinajstić information content (AvgIpc) is 2.37. The van der Waals surface area contributed by atoms with Crippen molar-refractivity contribution >= 4 is 11.6 Å². The monoisotopic (exact) mass is 281 g/mol. The summed E-state index contributed by atoms with van der Waals surface area (Å²) in [7, 11) is 0. The van der Waals surface area contributed by atoms with Gasteiger partial charge in [-0.2, -0.15) is 0 Å². The van der Waals surface area contributed by atoms with E-state index in [1.54, 1.807) is 0 Å². The fourth-order valence-electron chi connectivity index (χ4n) is 2.61. The van der Waals surface area contributed by atoms with E-state index in [1.807, 2.05) is 43.3 Å². The predicted molar refractivity (Wildman–Crippen MR) is 89.0 cm³/mol. The number of rotatable bonds is 2. The second-order valence-corrected chi connectivity index (χ2v) is 6.55. The molecule has 2 aromatic carbocycles. The molecule has 0 bridgehead atoms. The first-order valence-electron chi connectivity index (χ1n) is 7.27. The summed E-state index contributed by atoms with van der Waals surface area (Å²) in [6, 6.07) is 13.7. The van der Waals surface area contributed by atoms with E-state index in [-0.39, 0.29) is 11.3 Å². The normalized spacial score (nSPS) is 11.3. The highest BCUT2D eigenvalue weighted by Gasteiger charge is 2.16. The lowest BCUT2D eigenvalue weighted by atomic mass is 9.84. The van der Waals surface area contributed by atoms with E-state index >= 15 is 0 Å². The second kappa shape index (κ2) is 5.72. The standard InChI is InChI=1S/C19H23NO/c1-13-8-6-7-9-16(13)18(21)20-15-10-11-17(14(2)12-15)19(3,4)5/h6-12H,1-5H3,(H,20,21). The first kappa shape index (κ1) is 15.3. The van der Waals surface area contributed by atoms with Crippen LogP contribution in [-0.4, -0.2) is 5.91 Å². The van der Waals surface area contributed by atoms with Gasteiger partial charge in [0.25, 0.3) is 5.91 Å². The van der Waals surface area contributed by atoms with Crippen LogP contribution in [-0.2, 0) is 5.41 Å². The number of anilines is 1. The minimum Gasteiger partial charge on any atom is -0.322 e. The molecule has 0 aliphatic rings. The number of nitrogens with one attached hydrogen (secondary N) is 1. The number of amides is 1. The summed E-state index contributed by atoms with van der Waals surface area (Å²) in [4.78, 5) is 12.3. The molecule has 1 N–H and O–H groups in total. The molecule has 1 amide bonds. The van der Waals surface area contributed by atoms with E-state index in [0.29, 0.717) is 0 Å². The second-order valence-electron chi connectivity index (χ2n) is 6.55. The number of carbonyl (C=O) groups excluding carboxylic acids is 1. The van der Waals surface area contributed by atoms with E-state index in [4.69, 9.17) is 0 Å². The van der Waals surface area contributed by atoms with Crippen LogP contribution in [0.4, 0.5) is 5.69 Å². The molecular formula is C19H23NO. The van der Waals surface area contributed by atoms with E-state index in [2.05, 4.69) is 39.1 Å².